The fraction of sp³-hybridized carbons (Fsp3) is 0.368. The van der Waals surface area contributed by atoms with Gasteiger partial charge in [0, 0.05) is 25.7 Å². The van der Waals surface area contributed by atoms with Crippen molar-refractivity contribution in [3.8, 4) is 0 Å². The number of fused-ring (bicyclic) bond motifs is 1. The van der Waals surface area contributed by atoms with E-state index in [-0.39, 0.29) is 17.7 Å². The second-order valence-corrected chi connectivity index (χ2v) is 6.83. The second-order valence-electron chi connectivity index (χ2n) is 6.39. The highest BCUT2D eigenvalue weighted by molar-refractivity contribution is 6.30. The lowest BCUT2D eigenvalue weighted by atomic mass is 10.1. The summed E-state index contributed by atoms with van der Waals surface area (Å²) in [6, 6.07) is 6.87. The fourth-order valence-electron chi connectivity index (χ4n) is 3.03. The molecule has 0 saturated heterocycles. The predicted molar refractivity (Wildman–Crippen MR) is 101 cm³/mol. The Labute approximate surface area is 162 Å². The third-order valence-corrected chi connectivity index (χ3v) is 4.62. The molecule has 0 saturated carbocycles. The van der Waals surface area contributed by atoms with E-state index in [2.05, 4.69) is 10.4 Å². The number of halogens is 1. The molecule has 3 rings (SSSR count). The Morgan fingerprint density at radius 2 is 1.74 bits per heavy atom. The number of carbonyl (C=O) groups excluding carboxylic acids is 3. The summed E-state index contributed by atoms with van der Waals surface area (Å²) in [5, 5.41) is 7.44. The number of unbranched alkanes of at least 4 members (excludes halogenated alkanes) is 2. The van der Waals surface area contributed by atoms with Crippen molar-refractivity contribution in [2.45, 2.75) is 32.2 Å². The molecule has 2 aromatic rings. The second kappa shape index (κ2) is 8.81. The molecule has 0 atom stereocenters. The van der Waals surface area contributed by atoms with Crippen LogP contribution in [0.25, 0.3) is 0 Å². The molecule has 0 radical (unpaired) electrons. The third kappa shape index (κ3) is 4.74. The van der Waals surface area contributed by atoms with Crippen LogP contribution in [0.3, 0.4) is 0 Å². The van der Waals surface area contributed by atoms with E-state index in [4.69, 9.17) is 11.6 Å². The summed E-state index contributed by atoms with van der Waals surface area (Å²) < 4.78 is 1.67. The van der Waals surface area contributed by atoms with Crippen molar-refractivity contribution in [2.75, 3.05) is 13.1 Å². The monoisotopic (exact) mass is 388 g/mol. The number of hydrogen-bond donors (Lipinski definition) is 1. The van der Waals surface area contributed by atoms with Crippen molar-refractivity contribution < 1.29 is 14.4 Å². The maximum absolute atomic E-state index is 12.2. The van der Waals surface area contributed by atoms with Gasteiger partial charge in [-0.25, -0.2) is 0 Å². The molecule has 0 bridgehead atoms. The number of amides is 3. The van der Waals surface area contributed by atoms with Gasteiger partial charge in [0.05, 0.1) is 28.9 Å². The molecule has 142 valence electrons. The maximum atomic E-state index is 12.2. The molecule has 7 nitrogen and oxygen atoms in total. The third-order valence-electron chi connectivity index (χ3n) is 4.43. The molecule has 1 aromatic carbocycles. The van der Waals surface area contributed by atoms with E-state index in [1.165, 1.54) is 4.90 Å². The van der Waals surface area contributed by atoms with E-state index in [0.29, 0.717) is 55.0 Å². The highest BCUT2D eigenvalue weighted by atomic mass is 35.5. The SMILES string of the molecule is O=C(CCCCCN1C(=O)c2ccccc2C1=O)NCCn1cc(Cl)cn1. The lowest BCUT2D eigenvalue weighted by molar-refractivity contribution is -0.121. The van der Waals surface area contributed by atoms with Gasteiger partial charge in [-0.05, 0) is 25.0 Å². The lowest BCUT2D eigenvalue weighted by Crippen LogP contribution is -2.30. The molecule has 27 heavy (non-hydrogen) atoms. The van der Waals surface area contributed by atoms with E-state index in [1.807, 2.05) is 0 Å². The van der Waals surface area contributed by atoms with Gasteiger partial charge >= 0.3 is 0 Å². The van der Waals surface area contributed by atoms with Crippen LogP contribution in [0, 0.1) is 0 Å². The molecule has 2 heterocycles. The Bertz CT molecular complexity index is 814. The molecule has 0 aliphatic carbocycles. The Kier molecular flexibility index (Phi) is 6.24. The first-order valence-corrected chi connectivity index (χ1v) is 9.34. The van der Waals surface area contributed by atoms with Crippen LogP contribution >= 0.6 is 11.6 Å². The van der Waals surface area contributed by atoms with Crippen LogP contribution in [-0.2, 0) is 11.3 Å². The molecule has 0 fully saturated rings. The summed E-state index contributed by atoms with van der Waals surface area (Å²) in [6.07, 6.45) is 5.84. The molecular formula is C19H21ClN4O3. The van der Waals surface area contributed by atoms with Crippen molar-refractivity contribution >= 4 is 29.3 Å². The minimum absolute atomic E-state index is 0.0195. The number of nitrogens with one attached hydrogen (secondary N) is 1. The van der Waals surface area contributed by atoms with Crippen LogP contribution < -0.4 is 5.32 Å². The van der Waals surface area contributed by atoms with E-state index >= 15 is 0 Å². The number of nitrogens with zero attached hydrogens (tertiary/aromatic N) is 3. The van der Waals surface area contributed by atoms with Crippen molar-refractivity contribution in [3.63, 3.8) is 0 Å². The molecule has 1 aliphatic heterocycles. The lowest BCUT2D eigenvalue weighted by Gasteiger charge is -2.13. The summed E-state index contributed by atoms with van der Waals surface area (Å²) in [4.78, 5) is 37.6. The average Bonchev–Trinajstić information content (AvgIpc) is 3.18. The Morgan fingerprint density at radius 3 is 2.37 bits per heavy atom. The molecule has 1 N–H and O–H groups in total. The normalized spacial score (nSPS) is 13.1. The van der Waals surface area contributed by atoms with Gasteiger partial charge in [-0.1, -0.05) is 30.2 Å². The van der Waals surface area contributed by atoms with Gasteiger partial charge in [0.2, 0.25) is 5.91 Å². The number of aromatic nitrogens is 2. The van der Waals surface area contributed by atoms with Crippen molar-refractivity contribution in [1.82, 2.24) is 20.0 Å². The number of rotatable bonds is 9. The molecular weight excluding hydrogens is 368 g/mol. The van der Waals surface area contributed by atoms with Crippen LogP contribution in [0.15, 0.2) is 36.7 Å². The molecule has 0 unspecified atom stereocenters. The Hall–Kier alpha value is -2.67. The highest BCUT2D eigenvalue weighted by Gasteiger charge is 2.34. The number of carbonyl (C=O) groups is 3. The molecule has 1 aliphatic rings. The van der Waals surface area contributed by atoms with E-state index in [9.17, 15) is 14.4 Å². The van der Waals surface area contributed by atoms with Gasteiger partial charge < -0.3 is 5.32 Å². The zero-order chi connectivity index (χ0) is 19.2. The summed E-state index contributed by atoms with van der Waals surface area (Å²) in [5.74, 6) is -0.479. The summed E-state index contributed by atoms with van der Waals surface area (Å²) in [6.45, 7) is 1.44. The van der Waals surface area contributed by atoms with Crippen molar-refractivity contribution in [3.05, 3.63) is 52.8 Å². The number of hydrogen-bond acceptors (Lipinski definition) is 4. The first kappa shape index (κ1) is 19.1. The van der Waals surface area contributed by atoms with Crippen molar-refractivity contribution in [2.24, 2.45) is 0 Å². The van der Waals surface area contributed by atoms with Crippen LogP contribution in [0.1, 0.15) is 46.4 Å². The summed E-state index contributed by atoms with van der Waals surface area (Å²) in [5.41, 5.74) is 0.945. The number of benzene rings is 1. The first-order valence-electron chi connectivity index (χ1n) is 8.96. The van der Waals surface area contributed by atoms with Gasteiger partial charge in [0.15, 0.2) is 0 Å². The zero-order valence-electron chi connectivity index (χ0n) is 14.9. The average molecular weight is 389 g/mol. The predicted octanol–water partition coefficient (Wildman–Crippen LogP) is 2.51. The summed E-state index contributed by atoms with van der Waals surface area (Å²) in [7, 11) is 0. The Balaban J connectivity index is 1.30. The van der Waals surface area contributed by atoms with Gasteiger partial charge in [-0.3, -0.25) is 24.0 Å². The maximum Gasteiger partial charge on any atom is 0.261 e. The van der Waals surface area contributed by atoms with E-state index in [0.717, 1.165) is 6.42 Å². The van der Waals surface area contributed by atoms with E-state index < -0.39 is 0 Å². The van der Waals surface area contributed by atoms with Gasteiger partial charge in [-0.2, -0.15) is 5.10 Å². The van der Waals surface area contributed by atoms with Crippen LogP contribution in [0.2, 0.25) is 5.02 Å². The van der Waals surface area contributed by atoms with Gasteiger partial charge in [0.1, 0.15) is 0 Å². The van der Waals surface area contributed by atoms with Gasteiger partial charge in [-0.15, -0.1) is 0 Å². The molecule has 0 spiro atoms. The van der Waals surface area contributed by atoms with Crippen molar-refractivity contribution in [1.29, 1.82) is 0 Å². The Morgan fingerprint density at radius 1 is 1.04 bits per heavy atom. The highest BCUT2D eigenvalue weighted by Crippen LogP contribution is 2.22. The minimum atomic E-state index is -0.230. The molecule has 3 amide bonds. The first-order chi connectivity index (χ1) is 13.1. The fourth-order valence-corrected chi connectivity index (χ4v) is 3.19. The van der Waals surface area contributed by atoms with Gasteiger partial charge in [0.25, 0.3) is 11.8 Å². The zero-order valence-corrected chi connectivity index (χ0v) is 15.6. The smallest absolute Gasteiger partial charge is 0.261 e. The number of imide groups is 1. The van der Waals surface area contributed by atoms with E-state index in [1.54, 1.807) is 41.3 Å². The molecule has 8 heteroatoms. The quantitative estimate of drug-likeness (QED) is 0.528. The standard InChI is InChI=1S/C19H21ClN4O3/c20-14-12-22-23(13-14)11-9-21-17(25)8-2-1-5-10-24-18(26)15-6-3-4-7-16(15)19(24)27/h3-4,6-7,12-13H,1-2,5,8-11H2,(H,21,25). The van der Waals surface area contributed by atoms with Crippen LogP contribution in [0.4, 0.5) is 0 Å². The topological polar surface area (TPSA) is 84.3 Å². The minimum Gasteiger partial charge on any atom is -0.354 e. The largest absolute Gasteiger partial charge is 0.354 e. The van der Waals surface area contributed by atoms with Crippen LogP contribution in [-0.4, -0.2) is 45.5 Å². The summed E-state index contributed by atoms with van der Waals surface area (Å²) >= 11 is 5.78. The molecule has 1 aromatic heterocycles. The van der Waals surface area contributed by atoms with Crippen LogP contribution in [0.5, 0.6) is 0 Å².